The van der Waals surface area contributed by atoms with Crippen LogP contribution in [0.15, 0.2) is 12.1 Å². The van der Waals surface area contributed by atoms with Crippen molar-refractivity contribution in [2.24, 2.45) is 23.2 Å². The smallest absolute Gasteiger partial charge is 0.258 e. The van der Waals surface area contributed by atoms with Crippen LogP contribution in [-0.2, 0) is 11.3 Å². The Kier molecular flexibility index (Phi) is 7.21. The summed E-state index contributed by atoms with van der Waals surface area (Å²) in [6.07, 6.45) is 8.57. The maximum Gasteiger partial charge on any atom is 0.258 e. The molecule has 0 aliphatic heterocycles. The van der Waals surface area contributed by atoms with Crippen LogP contribution in [0.1, 0.15) is 78.7 Å². The van der Waals surface area contributed by atoms with Gasteiger partial charge in [0.1, 0.15) is 0 Å². The van der Waals surface area contributed by atoms with Crippen LogP contribution in [0.25, 0.3) is 0 Å². The second-order valence-corrected chi connectivity index (χ2v) is 12.2. The van der Waals surface area contributed by atoms with Crippen LogP contribution in [0.5, 0.6) is 11.5 Å². The zero-order valence-corrected chi connectivity index (χ0v) is 21.7. The Morgan fingerprint density at radius 1 is 1.12 bits per heavy atom. The number of carbonyl (C=O) groups excluding carboxylic acids is 1. The van der Waals surface area contributed by atoms with Gasteiger partial charge in [0.25, 0.3) is 5.91 Å². The minimum Gasteiger partial charge on any atom is -0.490 e. The van der Waals surface area contributed by atoms with Gasteiger partial charge in [-0.1, -0.05) is 11.6 Å². The molecule has 4 aliphatic carbocycles. The Bertz CT molecular complexity index is 828. The highest BCUT2D eigenvalue weighted by atomic mass is 35.5. The van der Waals surface area contributed by atoms with Crippen molar-refractivity contribution >= 4 is 17.5 Å². The summed E-state index contributed by atoms with van der Waals surface area (Å²) in [5, 5.41) is 7.21. The van der Waals surface area contributed by atoms with Gasteiger partial charge >= 0.3 is 0 Å². The van der Waals surface area contributed by atoms with Crippen molar-refractivity contribution in [1.29, 1.82) is 0 Å². The second kappa shape index (κ2) is 9.65. The minimum absolute atomic E-state index is 0.0995. The largest absolute Gasteiger partial charge is 0.490 e. The van der Waals surface area contributed by atoms with E-state index in [1.807, 2.05) is 39.8 Å². The summed E-state index contributed by atoms with van der Waals surface area (Å²) in [4.78, 5) is 12.2. The van der Waals surface area contributed by atoms with Crippen molar-refractivity contribution in [3.8, 4) is 11.5 Å². The first-order valence-corrected chi connectivity index (χ1v) is 13.1. The molecular formula is C27H41ClN2O3. The molecule has 6 heteroatoms. The summed E-state index contributed by atoms with van der Waals surface area (Å²) < 4.78 is 11.6. The first kappa shape index (κ1) is 24.7. The topological polar surface area (TPSA) is 59.6 Å². The molecule has 5 rings (SSSR count). The lowest BCUT2D eigenvalue weighted by atomic mass is 9.48. The third kappa shape index (κ3) is 5.79. The molecule has 0 spiro atoms. The number of rotatable bonds is 9. The van der Waals surface area contributed by atoms with Crippen molar-refractivity contribution < 1.29 is 14.3 Å². The minimum atomic E-state index is -0.310. The first-order valence-electron chi connectivity index (χ1n) is 12.7. The van der Waals surface area contributed by atoms with E-state index in [0.717, 1.165) is 29.9 Å². The van der Waals surface area contributed by atoms with Crippen molar-refractivity contribution in [3.05, 3.63) is 22.7 Å². The van der Waals surface area contributed by atoms with Gasteiger partial charge in [0.05, 0.1) is 11.6 Å². The van der Waals surface area contributed by atoms with E-state index >= 15 is 0 Å². The molecule has 4 bridgehead atoms. The Labute approximate surface area is 204 Å². The zero-order chi connectivity index (χ0) is 23.8. The van der Waals surface area contributed by atoms with Gasteiger partial charge in [0.15, 0.2) is 18.1 Å². The summed E-state index contributed by atoms with van der Waals surface area (Å²) in [7, 11) is 0. The summed E-state index contributed by atoms with van der Waals surface area (Å²) in [5.41, 5.74) is 1.23. The molecule has 1 unspecified atom stereocenters. The molecule has 4 fully saturated rings. The fourth-order valence-electron chi connectivity index (χ4n) is 6.91. The van der Waals surface area contributed by atoms with E-state index in [2.05, 4.69) is 17.6 Å². The predicted octanol–water partition coefficient (Wildman–Crippen LogP) is 5.73. The molecule has 5 nitrogen and oxygen atoms in total. The predicted molar refractivity (Wildman–Crippen MR) is 133 cm³/mol. The fraction of sp³-hybridized carbons (Fsp3) is 0.741. The van der Waals surface area contributed by atoms with Gasteiger partial charge in [-0.15, -0.1) is 0 Å². The second-order valence-electron chi connectivity index (χ2n) is 11.8. The number of amides is 1. The zero-order valence-electron chi connectivity index (χ0n) is 20.9. The van der Waals surface area contributed by atoms with Gasteiger partial charge in [-0.3, -0.25) is 4.79 Å². The molecule has 4 saturated carbocycles. The van der Waals surface area contributed by atoms with E-state index in [-0.39, 0.29) is 18.1 Å². The number of benzene rings is 1. The lowest BCUT2D eigenvalue weighted by molar-refractivity contribution is -0.124. The third-order valence-corrected chi connectivity index (χ3v) is 8.13. The van der Waals surface area contributed by atoms with Crippen molar-refractivity contribution in [2.45, 2.75) is 91.3 Å². The van der Waals surface area contributed by atoms with Crippen molar-refractivity contribution in [1.82, 2.24) is 10.6 Å². The van der Waals surface area contributed by atoms with E-state index in [4.69, 9.17) is 21.1 Å². The molecule has 0 radical (unpaired) electrons. The molecule has 1 amide bonds. The van der Waals surface area contributed by atoms with Crippen molar-refractivity contribution in [3.63, 3.8) is 0 Å². The third-order valence-electron chi connectivity index (χ3n) is 7.85. The number of halogens is 1. The molecule has 2 N–H and O–H groups in total. The summed E-state index contributed by atoms with van der Waals surface area (Å²) in [5.74, 6) is 3.69. The summed E-state index contributed by atoms with van der Waals surface area (Å²) in [6, 6.07) is 4.41. The van der Waals surface area contributed by atoms with Gasteiger partial charge in [-0.05, 0) is 114 Å². The number of ether oxygens (including phenoxy) is 2. The number of nitrogens with one attached hydrogen (secondary N) is 2. The molecule has 1 aromatic rings. The van der Waals surface area contributed by atoms with E-state index in [9.17, 15) is 4.79 Å². The van der Waals surface area contributed by atoms with Crippen LogP contribution in [0, 0.1) is 23.2 Å². The SMILES string of the molecule is CCOc1cc(CNC(C)C23CC4CC(CC(C4)C2)C3)cc(Cl)c1OCC(=O)NC(C)(C)C. The molecule has 33 heavy (non-hydrogen) atoms. The standard InChI is InChI=1S/C27H41ClN2O3/c1-6-32-23-11-21(10-22(28)25(23)33-16-24(31)30-26(3,4)5)15-29-17(2)27-12-18-7-19(13-27)9-20(8-18)14-27/h10-11,17-20,29H,6-9,12-16H2,1-5H3,(H,30,31). The van der Waals surface area contributed by atoms with Gasteiger partial charge in [0.2, 0.25) is 0 Å². The van der Waals surface area contributed by atoms with Crippen LogP contribution in [0.2, 0.25) is 5.02 Å². The van der Waals surface area contributed by atoms with Crippen LogP contribution in [0.4, 0.5) is 0 Å². The first-order chi connectivity index (χ1) is 15.6. The Balaban J connectivity index is 1.40. The summed E-state index contributed by atoms with van der Waals surface area (Å²) >= 11 is 6.59. The number of hydrogen-bond donors (Lipinski definition) is 2. The molecule has 0 heterocycles. The van der Waals surface area contributed by atoms with E-state index in [0.29, 0.717) is 34.6 Å². The maximum absolute atomic E-state index is 12.2. The highest BCUT2D eigenvalue weighted by molar-refractivity contribution is 6.32. The number of hydrogen-bond acceptors (Lipinski definition) is 4. The average Bonchev–Trinajstić information content (AvgIpc) is 2.69. The van der Waals surface area contributed by atoms with Gasteiger partial charge in [0, 0.05) is 18.1 Å². The lowest BCUT2D eigenvalue weighted by Gasteiger charge is -2.59. The quantitative estimate of drug-likeness (QED) is 0.478. The molecule has 1 atom stereocenters. The highest BCUT2D eigenvalue weighted by Gasteiger charge is 2.52. The Morgan fingerprint density at radius 3 is 2.27 bits per heavy atom. The monoisotopic (exact) mass is 476 g/mol. The highest BCUT2D eigenvalue weighted by Crippen LogP contribution is 2.61. The Hall–Kier alpha value is -1.46. The van der Waals surface area contributed by atoms with Gasteiger partial charge in [-0.2, -0.15) is 0 Å². The van der Waals surface area contributed by atoms with E-state index in [1.54, 1.807) is 0 Å². The molecule has 184 valence electrons. The lowest BCUT2D eigenvalue weighted by Crippen LogP contribution is -2.54. The van der Waals surface area contributed by atoms with E-state index in [1.165, 1.54) is 38.5 Å². The van der Waals surface area contributed by atoms with Crippen LogP contribution < -0.4 is 20.1 Å². The molecule has 1 aromatic carbocycles. The molecule has 4 aliphatic rings. The average molecular weight is 477 g/mol. The maximum atomic E-state index is 12.2. The van der Waals surface area contributed by atoms with Crippen LogP contribution in [0.3, 0.4) is 0 Å². The van der Waals surface area contributed by atoms with Gasteiger partial charge < -0.3 is 20.1 Å². The number of carbonyl (C=O) groups is 1. The molecular weight excluding hydrogens is 436 g/mol. The Morgan fingerprint density at radius 2 is 1.73 bits per heavy atom. The van der Waals surface area contributed by atoms with Gasteiger partial charge in [-0.25, -0.2) is 0 Å². The summed E-state index contributed by atoms with van der Waals surface area (Å²) in [6.45, 7) is 11.3. The fourth-order valence-corrected chi connectivity index (χ4v) is 7.20. The molecule has 0 saturated heterocycles. The van der Waals surface area contributed by atoms with Crippen molar-refractivity contribution in [2.75, 3.05) is 13.2 Å². The molecule has 0 aromatic heterocycles. The van der Waals surface area contributed by atoms with E-state index < -0.39 is 0 Å². The van der Waals surface area contributed by atoms with Crippen LogP contribution in [-0.4, -0.2) is 30.7 Å². The normalized spacial score (nSPS) is 29.1. The van der Waals surface area contributed by atoms with Crippen LogP contribution >= 0.6 is 11.6 Å².